The number of rotatable bonds is 15. The van der Waals surface area contributed by atoms with Crippen LogP contribution in [0.15, 0.2) is 17.5 Å². The van der Waals surface area contributed by atoms with E-state index in [1.807, 2.05) is 13.8 Å². The van der Waals surface area contributed by atoms with Gasteiger partial charge in [0.25, 0.3) is 0 Å². The first kappa shape index (κ1) is 29.4. The maximum atomic E-state index is 13.1. The maximum absolute atomic E-state index is 13.1. The molecule has 0 saturated carbocycles. The monoisotopic (exact) mass is 495 g/mol. The summed E-state index contributed by atoms with van der Waals surface area (Å²) in [4.78, 5) is 60.5. The van der Waals surface area contributed by atoms with Crippen LogP contribution in [0, 0.1) is 5.92 Å². The second-order valence-corrected chi connectivity index (χ2v) is 8.67. The minimum Gasteiger partial charge on any atom is -0.480 e. The van der Waals surface area contributed by atoms with Crippen LogP contribution in [0.1, 0.15) is 45.7 Å². The van der Waals surface area contributed by atoms with Gasteiger partial charge < -0.3 is 43.2 Å². The zero-order valence-corrected chi connectivity index (χ0v) is 20.3. The number of nitrogens with zero attached hydrogens (tertiary/aromatic N) is 2. The third kappa shape index (κ3) is 11.3. The van der Waals surface area contributed by atoms with Gasteiger partial charge in [-0.1, -0.05) is 13.8 Å². The molecule has 0 aliphatic rings. The molecule has 0 fully saturated rings. The van der Waals surface area contributed by atoms with E-state index in [2.05, 4.69) is 30.9 Å². The standard InChI is InChI=1S/C21H37N9O5/c1-11(2)7-16(20(34)35)30-19(33)15(8-13-9-25-10-27-13)29-18(32)14(28-17(31)12(3)22)5-4-6-26-21(23)24/h9-12,14-16H,4-8,22H2,1-3H3,(H,25,27)(H,28,31)(H,29,32)(H,30,33)(H,34,35)(H4,23,24,26). The SMILES string of the molecule is CC(C)CC(NC(=O)C(Cc1cnc[nH]1)NC(=O)C(CCCN=C(N)N)NC(=O)C(C)N)C(=O)O. The molecule has 0 aliphatic heterocycles. The number of aliphatic carboxylic acids is 1. The van der Waals surface area contributed by atoms with E-state index in [9.17, 15) is 24.3 Å². The summed E-state index contributed by atoms with van der Waals surface area (Å²) in [6.45, 7) is 5.37. The van der Waals surface area contributed by atoms with Gasteiger partial charge in [0.05, 0.1) is 12.4 Å². The number of carbonyl (C=O) groups excluding carboxylic acids is 3. The van der Waals surface area contributed by atoms with Gasteiger partial charge in [-0.15, -0.1) is 0 Å². The topological polar surface area (TPSA) is 244 Å². The summed E-state index contributed by atoms with van der Waals surface area (Å²) >= 11 is 0. The molecule has 35 heavy (non-hydrogen) atoms. The number of nitrogens with one attached hydrogen (secondary N) is 4. The number of aliphatic imine (C=N–C) groups is 1. The third-order valence-corrected chi connectivity index (χ3v) is 4.93. The second kappa shape index (κ2) is 14.6. The predicted octanol–water partition coefficient (Wildman–Crippen LogP) is -2.06. The van der Waals surface area contributed by atoms with Crippen molar-refractivity contribution in [2.45, 2.75) is 70.6 Å². The Morgan fingerprint density at radius 1 is 1.03 bits per heavy atom. The molecule has 4 unspecified atom stereocenters. The van der Waals surface area contributed by atoms with Gasteiger partial charge in [-0.25, -0.2) is 9.78 Å². The van der Waals surface area contributed by atoms with E-state index in [0.29, 0.717) is 12.1 Å². The van der Waals surface area contributed by atoms with Gasteiger partial charge in [0.2, 0.25) is 17.7 Å². The third-order valence-electron chi connectivity index (χ3n) is 4.93. The van der Waals surface area contributed by atoms with Crippen molar-refractivity contribution in [1.82, 2.24) is 25.9 Å². The summed E-state index contributed by atoms with van der Waals surface area (Å²) < 4.78 is 0. The van der Waals surface area contributed by atoms with E-state index >= 15 is 0 Å². The zero-order chi connectivity index (χ0) is 26.5. The zero-order valence-electron chi connectivity index (χ0n) is 20.3. The van der Waals surface area contributed by atoms with Gasteiger partial charge >= 0.3 is 5.97 Å². The van der Waals surface area contributed by atoms with Gasteiger partial charge in [0, 0.05) is 24.9 Å². The molecule has 0 saturated heterocycles. The quantitative estimate of drug-likeness (QED) is 0.0756. The number of amides is 3. The molecular formula is C21H37N9O5. The smallest absolute Gasteiger partial charge is 0.326 e. The molecule has 1 rings (SSSR count). The number of carbonyl (C=O) groups is 4. The number of H-pyrrole nitrogens is 1. The second-order valence-electron chi connectivity index (χ2n) is 8.67. The molecule has 3 amide bonds. The Hall–Kier alpha value is -3.68. The molecule has 14 heteroatoms. The van der Waals surface area contributed by atoms with Crippen LogP contribution in [0.25, 0.3) is 0 Å². The minimum atomic E-state index is -1.18. The lowest BCUT2D eigenvalue weighted by molar-refractivity contribution is -0.142. The van der Waals surface area contributed by atoms with E-state index < -0.39 is 47.9 Å². The predicted molar refractivity (Wildman–Crippen MR) is 129 cm³/mol. The first-order valence-electron chi connectivity index (χ1n) is 11.3. The molecule has 0 aliphatic carbocycles. The van der Waals surface area contributed by atoms with Crippen LogP contribution in [0.3, 0.4) is 0 Å². The number of hydrogen-bond donors (Lipinski definition) is 8. The number of nitrogens with two attached hydrogens (primary N) is 3. The van der Waals surface area contributed by atoms with Crippen LogP contribution in [0.2, 0.25) is 0 Å². The lowest BCUT2D eigenvalue weighted by Gasteiger charge is -2.25. The molecule has 0 aromatic carbocycles. The molecule has 196 valence electrons. The Kier molecular flexibility index (Phi) is 12.2. The summed E-state index contributed by atoms with van der Waals surface area (Å²) in [6, 6.07) is -4.15. The van der Waals surface area contributed by atoms with Crippen molar-refractivity contribution in [3.63, 3.8) is 0 Å². The lowest BCUT2D eigenvalue weighted by Crippen LogP contribution is -2.57. The molecular weight excluding hydrogens is 458 g/mol. The first-order valence-corrected chi connectivity index (χ1v) is 11.3. The normalized spacial score (nSPS) is 14.3. The number of carboxylic acid groups (broad SMARTS) is 1. The van der Waals surface area contributed by atoms with Crippen LogP contribution in [0.4, 0.5) is 0 Å². The number of aromatic amines is 1. The van der Waals surface area contributed by atoms with E-state index in [-0.39, 0.29) is 37.7 Å². The van der Waals surface area contributed by atoms with Crippen LogP contribution in [-0.4, -0.2) is 75.4 Å². The summed E-state index contributed by atoms with van der Waals surface area (Å²) in [7, 11) is 0. The van der Waals surface area contributed by atoms with E-state index in [4.69, 9.17) is 17.2 Å². The molecule has 1 aromatic heterocycles. The van der Waals surface area contributed by atoms with Crippen LogP contribution < -0.4 is 33.2 Å². The van der Waals surface area contributed by atoms with Crippen LogP contribution in [-0.2, 0) is 25.6 Å². The highest BCUT2D eigenvalue weighted by Gasteiger charge is 2.30. The molecule has 1 aromatic rings. The fraction of sp³-hybridized carbons (Fsp3) is 0.619. The van der Waals surface area contributed by atoms with Crippen molar-refractivity contribution in [2.24, 2.45) is 28.1 Å². The van der Waals surface area contributed by atoms with Crippen molar-refractivity contribution >= 4 is 29.7 Å². The van der Waals surface area contributed by atoms with Crippen molar-refractivity contribution in [2.75, 3.05) is 6.54 Å². The molecule has 0 spiro atoms. The minimum absolute atomic E-state index is 0.0140. The first-order chi connectivity index (χ1) is 16.4. The van der Waals surface area contributed by atoms with E-state index in [1.54, 1.807) is 0 Å². The number of aromatic nitrogens is 2. The average molecular weight is 496 g/mol. The summed E-state index contributed by atoms with van der Waals surface area (Å²) in [6.07, 6.45) is 3.67. The number of guanidine groups is 1. The van der Waals surface area contributed by atoms with Gasteiger partial charge in [0.15, 0.2) is 5.96 Å². The summed E-state index contributed by atoms with van der Waals surface area (Å²) in [5.74, 6) is -3.14. The fourth-order valence-electron chi connectivity index (χ4n) is 3.14. The Labute approximate surface area is 203 Å². The number of imidazole rings is 1. The van der Waals surface area contributed by atoms with Crippen molar-refractivity contribution in [3.8, 4) is 0 Å². The van der Waals surface area contributed by atoms with Crippen molar-refractivity contribution < 1.29 is 24.3 Å². The van der Waals surface area contributed by atoms with Gasteiger partial charge in [0.1, 0.15) is 18.1 Å². The summed E-state index contributed by atoms with van der Waals surface area (Å²) in [5.41, 5.74) is 16.8. The Bertz CT molecular complexity index is 867. The van der Waals surface area contributed by atoms with E-state index in [0.717, 1.165) is 0 Å². The molecule has 0 radical (unpaired) electrons. The van der Waals surface area contributed by atoms with Gasteiger partial charge in [-0.3, -0.25) is 19.4 Å². The van der Waals surface area contributed by atoms with E-state index in [1.165, 1.54) is 19.4 Å². The summed E-state index contributed by atoms with van der Waals surface area (Å²) in [5, 5.41) is 17.1. The largest absolute Gasteiger partial charge is 0.480 e. The molecule has 4 atom stereocenters. The Morgan fingerprint density at radius 3 is 2.14 bits per heavy atom. The van der Waals surface area contributed by atoms with Crippen molar-refractivity contribution in [3.05, 3.63) is 18.2 Å². The lowest BCUT2D eigenvalue weighted by atomic mass is 10.0. The highest BCUT2D eigenvalue weighted by atomic mass is 16.4. The Balaban J connectivity index is 3.05. The molecule has 11 N–H and O–H groups in total. The van der Waals surface area contributed by atoms with Gasteiger partial charge in [-0.2, -0.15) is 0 Å². The molecule has 0 bridgehead atoms. The highest BCUT2D eigenvalue weighted by Crippen LogP contribution is 2.08. The van der Waals surface area contributed by atoms with Crippen LogP contribution in [0.5, 0.6) is 0 Å². The number of carboxylic acids is 1. The Morgan fingerprint density at radius 2 is 1.63 bits per heavy atom. The van der Waals surface area contributed by atoms with Gasteiger partial charge in [-0.05, 0) is 32.1 Å². The average Bonchev–Trinajstić information content (AvgIpc) is 3.27. The molecule has 1 heterocycles. The maximum Gasteiger partial charge on any atom is 0.326 e. The fourth-order valence-corrected chi connectivity index (χ4v) is 3.14. The molecule has 14 nitrogen and oxygen atoms in total. The van der Waals surface area contributed by atoms with Crippen LogP contribution >= 0.6 is 0 Å². The highest BCUT2D eigenvalue weighted by molar-refractivity contribution is 5.94. The number of hydrogen-bond acceptors (Lipinski definition) is 7. The van der Waals surface area contributed by atoms with Crippen molar-refractivity contribution in [1.29, 1.82) is 0 Å².